The molecule has 5 nitrogen and oxygen atoms in total. The van der Waals surface area contributed by atoms with Gasteiger partial charge >= 0.3 is 0 Å². The average Bonchev–Trinajstić information content (AvgIpc) is 3.26. The number of fused-ring (bicyclic) bond motifs is 3. The van der Waals surface area contributed by atoms with E-state index < -0.39 is 0 Å². The van der Waals surface area contributed by atoms with Gasteiger partial charge in [-0.2, -0.15) is 5.10 Å². The van der Waals surface area contributed by atoms with Crippen molar-refractivity contribution in [3.05, 3.63) is 67.7 Å². The highest BCUT2D eigenvalue weighted by Crippen LogP contribution is 2.31. The van der Waals surface area contributed by atoms with Crippen LogP contribution in [0.3, 0.4) is 0 Å². The van der Waals surface area contributed by atoms with Gasteiger partial charge in [-0.05, 0) is 93.7 Å². The molecular weight excluding hydrogens is 568 g/mol. The number of nitrogens with one attached hydrogen (secondary N) is 1. The lowest BCUT2D eigenvalue weighted by Crippen LogP contribution is -2.19. The van der Waals surface area contributed by atoms with Crippen LogP contribution in [0, 0.1) is 7.14 Å². The van der Waals surface area contributed by atoms with Gasteiger partial charge in [-0.3, -0.25) is 4.79 Å². The molecule has 136 valence electrons. The van der Waals surface area contributed by atoms with Gasteiger partial charge in [-0.1, -0.05) is 0 Å². The third kappa shape index (κ3) is 4.03. The molecule has 0 unspecified atom stereocenters. The number of rotatable bonds is 5. The zero-order valence-corrected chi connectivity index (χ0v) is 18.5. The van der Waals surface area contributed by atoms with E-state index in [1.807, 2.05) is 0 Å². The van der Waals surface area contributed by atoms with Crippen LogP contribution in [0.25, 0.3) is 21.8 Å². The van der Waals surface area contributed by atoms with Crippen LogP contribution in [-0.4, -0.2) is 16.7 Å². The van der Waals surface area contributed by atoms with Gasteiger partial charge in [0.1, 0.15) is 5.76 Å². The van der Waals surface area contributed by atoms with Gasteiger partial charge in [0.2, 0.25) is 5.91 Å². The van der Waals surface area contributed by atoms with Gasteiger partial charge in [0, 0.05) is 41.9 Å². The fourth-order valence-electron chi connectivity index (χ4n) is 3.09. The number of furan rings is 1. The number of aryl methyl sites for hydroxylation is 1. The molecule has 7 heteroatoms. The number of nitrogens with zero attached hydrogens (tertiary/aromatic N) is 2. The van der Waals surface area contributed by atoms with Crippen molar-refractivity contribution >= 4 is 79.1 Å². The van der Waals surface area contributed by atoms with Crippen LogP contribution in [0.5, 0.6) is 0 Å². The summed E-state index contributed by atoms with van der Waals surface area (Å²) < 4.78 is 9.74. The fourth-order valence-corrected chi connectivity index (χ4v) is 4.07. The molecule has 1 amide bonds. The Morgan fingerprint density at radius 2 is 1.74 bits per heavy atom. The van der Waals surface area contributed by atoms with Crippen molar-refractivity contribution in [2.24, 2.45) is 5.10 Å². The van der Waals surface area contributed by atoms with E-state index in [0.29, 0.717) is 18.7 Å². The Hall–Kier alpha value is -1.88. The number of hydrogen-bond donors (Lipinski definition) is 1. The largest absolute Gasteiger partial charge is 0.463 e. The molecule has 0 saturated carbocycles. The molecule has 2 aromatic heterocycles. The van der Waals surface area contributed by atoms with Gasteiger partial charge in [0.05, 0.1) is 12.5 Å². The highest BCUT2D eigenvalue weighted by Gasteiger charge is 2.12. The number of amides is 1. The standard InChI is InChI=1S/C20H15I2N3O2/c21-13-3-5-18-16(10-13)17-11-14(22)4-6-19(17)25(18)8-7-20(26)24-23-12-15-2-1-9-27-15/h1-6,9-12H,7-8H2,(H,24,26)/b23-12-. The van der Waals surface area contributed by atoms with Crippen molar-refractivity contribution in [3.8, 4) is 0 Å². The number of halogens is 2. The molecule has 27 heavy (non-hydrogen) atoms. The first-order valence-corrected chi connectivity index (χ1v) is 10.5. The molecule has 0 saturated heterocycles. The van der Waals surface area contributed by atoms with Crippen molar-refractivity contribution in [2.75, 3.05) is 0 Å². The van der Waals surface area contributed by atoms with E-state index in [4.69, 9.17) is 4.42 Å². The first kappa shape index (κ1) is 18.5. The minimum absolute atomic E-state index is 0.135. The molecule has 0 bridgehead atoms. The zero-order valence-electron chi connectivity index (χ0n) is 14.2. The number of carbonyl (C=O) groups is 1. The monoisotopic (exact) mass is 583 g/mol. The summed E-state index contributed by atoms with van der Waals surface area (Å²) in [4.78, 5) is 12.2. The topological polar surface area (TPSA) is 59.5 Å². The van der Waals surface area contributed by atoms with Crippen LogP contribution in [0.15, 0.2) is 64.3 Å². The Labute approximate surface area is 183 Å². The van der Waals surface area contributed by atoms with Crippen molar-refractivity contribution in [3.63, 3.8) is 0 Å². The smallest absolute Gasteiger partial charge is 0.241 e. The highest BCUT2D eigenvalue weighted by molar-refractivity contribution is 14.1. The maximum absolute atomic E-state index is 12.2. The number of carbonyl (C=O) groups excluding carboxylic acids is 1. The predicted octanol–water partition coefficient (Wildman–Crippen LogP) is 5.14. The van der Waals surface area contributed by atoms with E-state index in [-0.39, 0.29) is 5.91 Å². The van der Waals surface area contributed by atoms with Crippen LogP contribution < -0.4 is 5.43 Å². The van der Waals surface area contributed by atoms with Crippen molar-refractivity contribution in [1.29, 1.82) is 0 Å². The number of benzene rings is 2. The van der Waals surface area contributed by atoms with Gasteiger partial charge in [-0.25, -0.2) is 5.43 Å². The Morgan fingerprint density at radius 1 is 1.07 bits per heavy atom. The van der Waals surface area contributed by atoms with Crippen molar-refractivity contribution < 1.29 is 9.21 Å². The van der Waals surface area contributed by atoms with E-state index >= 15 is 0 Å². The molecule has 0 aliphatic rings. The fraction of sp³-hybridized carbons (Fsp3) is 0.100. The maximum atomic E-state index is 12.2. The third-order valence-corrected chi connectivity index (χ3v) is 5.62. The first-order chi connectivity index (χ1) is 13.1. The van der Waals surface area contributed by atoms with Crippen LogP contribution >= 0.6 is 45.2 Å². The summed E-state index contributed by atoms with van der Waals surface area (Å²) in [6.45, 7) is 0.587. The Bertz CT molecular complexity index is 1090. The number of hydrogen-bond acceptors (Lipinski definition) is 3. The van der Waals surface area contributed by atoms with E-state index in [0.717, 1.165) is 11.0 Å². The van der Waals surface area contributed by atoms with Crippen LogP contribution in [-0.2, 0) is 11.3 Å². The Balaban J connectivity index is 1.56. The van der Waals surface area contributed by atoms with E-state index in [2.05, 4.69) is 96.7 Å². The third-order valence-electron chi connectivity index (χ3n) is 4.28. The predicted molar refractivity (Wildman–Crippen MR) is 124 cm³/mol. The van der Waals surface area contributed by atoms with Gasteiger partial charge in [0.15, 0.2) is 0 Å². The quantitative estimate of drug-likeness (QED) is 0.201. The van der Waals surface area contributed by atoms with Crippen LogP contribution in [0.4, 0.5) is 0 Å². The molecule has 0 fully saturated rings. The number of hydrazone groups is 1. The molecule has 0 spiro atoms. The van der Waals surface area contributed by atoms with E-state index in [9.17, 15) is 4.79 Å². The zero-order chi connectivity index (χ0) is 18.8. The normalized spacial score (nSPS) is 11.6. The lowest BCUT2D eigenvalue weighted by atomic mass is 10.2. The van der Waals surface area contributed by atoms with Crippen molar-refractivity contribution in [2.45, 2.75) is 13.0 Å². The summed E-state index contributed by atoms with van der Waals surface area (Å²) in [5.74, 6) is 0.464. The summed E-state index contributed by atoms with van der Waals surface area (Å²) in [5.41, 5.74) is 4.83. The second-order valence-electron chi connectivity index (χ2n) is 6.03. The molecule has 4 rings (SSSR count). The lowest BCUT2D eigenvalue weighted by Gasteiger charge is -2.07. The maximum Gasteiger partial charge on any atom is 0.241 e. The summed E-state index contributed by atoms with van der Waals surface area (Å²) in [7, 11) is 0. The summed E-state index contributed by atoms with van der Waals surface area (Å²) in [6.07, 6.45) is 3.39. The Morgan fingerprint density at radius 3 is 2.33 bits per heavy atom. The second-order valence-corrected chi connectivity index (χ2v) is 8.52. The van der Waals surface area contributed by atoms with Crippen LogP contribution in [0.1, 0.15) is 12.2 Å². The first-order valence-electron chi connectivity index (χ1n) is 8.34. The number of aromatic nitrogens is 1. The molecular formula is C20H15I2N3O2. The van der Waals surface area contributed by atoms with Gasteiger partial charge in [-0.15, -0.1) is 0 Å². The molecule has 0 aliphatic heterocycles. The summed E-state index contributed by atoms with van der Waals surface area (Å²) in [6, 6.07) is 16.4. The summed E-state index contributed by atoms with van der Waals surface area (Å²) >= 11 is 4.66. The van der Waals surface area contributed by atoms with Gasteiger partial charge < -0.3 is 8.98 Å². The van der Waals surface area contributed by atoms with Crippen molar-refractivity contribution in [1.82, 2.24) is 9.99 Å². The molecule has 1 N–H and O–H groups in total. The average molecular weight is 583 g/mol. The molecule has 0 atom stereocenters. The minimum atomic E-state index is -0.135. The molecule has 2 heterocycles. The molecule has 0 aliphatic carbocycles. The highest BCUT2D eigenvalue weighted by atomic mass is 127. The van der Waals surface area contributed by atoms with E-state index in [1.165, 1.54) is 24.1 Å². The van der Waals surface area contributed by atoms with Gasteiger partial charge in [0.25, 0.3) is 0 Å². The SMILES string of the molecule is O=C(CCn1c2ccc(I)cc2c2cc(I)ccc21)N/N=C\c1ccco1. The molecule has 4 aromatic rings. The molecule has 0 radical (unpaired) electrons. The van der Waals surface area contributed by atoms with E-state index in [1.54, 1.807) is 18.4 Å². The second kappa shape index (κ2) is 8.01. The van der Waals surface area contributed by atoms with Crippen LogP contribution in [0.2, 0.25) is 0 Å². The molecule has 2 aromatic carbocycles. The summed E-state index contributed by atoms with van der Waals surface area (Å²) in [5, 5.41) is 6.36. The lowest BCUT2D eigenvalue weighted by molar-refractivity contribution is -0.121. The minimum Gasteiger partial charge on any atom is -0.463 e. The Kier molecular flexibility index (Phi) is 5.48.